The molecule has 0 saturated carbocycles. The van der Waals surface area contributed by atoms with Gasteiger partial charge in [0.15, 0.2) is 5.69 Å². The van der Waals surface area contributed by atoms with E-state index in [4.69, 9.17) is 0 Å². The third kappa shape index (κ3) is 4.69. The van der Waals surface area contributed by atoms with Crippen LogP contribution in [0.4, 0.5) is 11.4 Å². The minimum Gasteiger partial charge on any atom is -0.326 e. The van der Waals surface area contributed by atoms with Crippen LogP contribution in [0.3, 0.4) is 0 Å². The molecular weight excluding hydrogens is 384 g/mol. The highest BCUT2D eigenvalue weighted by atomic mass is 79.9. The summed E-state index contributed by atoms with van der Waals surface area (Å²) in [6.07, 6.45) is 0. The molecular formula is C18H23BrN4O2. The second-order valence-electron chi connectivity index (χ2n) is 7.19. The summed E-state index contributed by atoms with van der Waals surface area (Å²) in [5.41, 5.74) is 1.88. The standard InChI is InChI=1S/C18H23BrN4O2/c1-10(2)14-13(19)15(23-22-14)16(24)20-11-7-6-8-12(9-11)21-17(25)18(3,4)5/h6-10H,1-5H3,(H,20,24)(H,21,25)(H,22,23). The van der Waals surface area contributed by atoms with Crippen LogP contribution in [0, 0.1) is 5.41 Å². The summed E-state index contributed by atoms with van der Waals surface area (Å²) in [6, 6.07) is 7.02. The second-order valence-corrected chi connectivity index (χ2v) is 7.99. The van der Waals surface area contributed by atoms with Crippen LogP contribution in [0.15, 0.2) is 28.7 Å². The van der Waals surface area contributed by atoms with Crippen molar-refractivity contribution in [3.63, 3.8) is 0 Å². The van der Waals surface area contributed by atoms with Gasteiger partial charge in [0.1, 0.15) is 0 Å². The average molecular weight is 407 g/mol. The molecule has 0 unspecified atom stereocenters. The molecule has 6 nitrogen and oxygen atoms in total. The minimum absolute atomic E-state index is 0.0902. The Labute approximate surface area is 155 Å². The molecule has 7 heteroatoms. The first-order valence-corrected chi connectivity index (χ1v) is 8.85. The number of aromatic nitrogens is 2. The van der Waals surface area contributed by atoms with Crippen LogP contribution in [0.2, 0.25) is 0 Å². The van der Waals surface area contributed by atoms with Gasteiger partial charge in [-0.25, -0.2) is 0 Å². The van der Waals surface area contributed by atoms with Gasteiger partial charge in [0.2, 0.25) is 5.91 Å². The molecule has 0 bridgehead atoms. The van der Waals surface area contributed by atoms with Crippen LogP contribution >= 0.6 is 15.9 Å². The number of benzene rings is 1. The van der Waals surface area contributed by atoms with E-state index in [-0.39, 0.29) is 17.7 Å². The van der Waals surface area contributed by atoms with E-state index in [2.05, 4.69) is 36.8 Å². The molecule has 1 heterocycles. The summed E-state index contributed by atoms with van der Waals surface area (Å²) < 4.78 is 0.664. The molecule has 0 radical (unpaired) electrons. The van der Waals surface area contributed by atoms with E-state index in [0.29, 0.717) is 21.5 Å². The van der Waals surface area contributed by atoms with E-state index in [1.807, 2.05) is 34.6 Å². The summed E-state index contributed by atoms with van der Waals surface area (Å²) in [5.74, 6) is -0.193. The number of carbonyl (C=O) groups is 2. The first kappa shape index (κ1) is 19.2. The maximum Gasteiger partial charge on any atom is 0.277 e. The Morgan fingerprint density at radius 3 is 2.28 bits per heavy atom. The third-order valence-electron chi connectivity index (χ3n) is 3.58. The molecule has 0 aliphatic heterocycles. The maximum absolute atomic E-state index is 12.5. The fourth-order valence-electron chi connectivity index (χ4n) is 2.06. The highest BCUT2D eigenvalue weighted by molar-refractivity contribution is 9.10. The van der Waals surface area contributed by atoms with E-state index in [0.717, 1.165) is 5.69 Å². The van der Waals surface area contributed by atoms with E-state index in [1.54, 1.807) is 24.3 Å². The minimum atomic E-state index is -0.494. The van der Waals surface area contributed by atoms with Gasteiger partial charge in [0, 0.05) is 16.8 Å². The molecule has 2 aromatic rings. The van der Waals surface area contributed by atoms with Crippen LogP contribution in [-0.2, 0) is 4.79 Å². The predicted molar refractivity (Wildman–Crippen MR) is 103 cm³/mol. The highest BCUT2D eigenvalue weighted by Gasteiger charge is 2.22. The van der Waals surface area contributed by atoms with Crippen LogP contribution in [0.25, 0.3) is 0 Å². The largest absolute Gasteiger partial charge is 0.326 e. The van der Waals surface area contributed by atoms with Gasteiger partial charge in [-0.3, -0.25) is 14.7 Å². The van der Waals surface area contributed by atoms with Crippen molar-refractivity contribution in [1.29, 1.82) is 0 Å². The lowest BCUT2D eigenvalue weighted by molar-refractivity contribution is -0.123. The van der Waals surface area contributed by atoms with Crippen molar-refractivity contribution < 1.29 is 9.59 Å². The zero-order chi connectivity index (χ0) is 18.8. The van der Waals surface area contributed by atoms with Crippen molar-refractivity contribution in [2.75, 3.05) is 10.6 Å². The molecule has 0 aliphatic rings. The molecule has 25 heavy (non-hydrogen) atoms. The summed E-state index contributed by atoms with van der Waals surface area (Å²) in [5, 5.41) is 12.6. The lowest BCUT2D eigenvalue weighted by atomic mass is 9.95. The number of aromatic amines is 1. The van der Waals surface area contributed by atoms with Crippen molar-refractivity contribution in [3.05, 3.63) is 40.1 Å². The summed E-state index contributed by atoms with van der Waals surface area (Å²) in [7, 11) is 0. The number of H-pyrrole nitrogens is 1. The van der Waals surface area contributed by atoms with Crippen LogP contribution in [-0.4, -0.2) is 22.0 Å². The second kappa shape index (κ2) is 7.39. The number of amides is 2. The van der Waals surface area contributed by atoms with Gasteiger partial charge < -0.3 is 10.6 Å². The topological polar surface area (TPSA) is 86.9 Å². The molecule has 0 spiro atoms. The average Bonchev–Trinajstić information content (AvgIpc) is 2.88. The van der Waals surface area contributed by atoms with Crippen LogP contribution in [0.5, 0.6) is 0 Å². The number of nitrogens with zero attached hydrogens (tertiary/aromatic N) is 1. The first-order valence-electron chi connectivity index (χ1n) is 8.06. The fraction of sp³-hybridized carbons (Fsp3) is 0.389. The molecule has 1 aromatic heterocycles. The van der Waals surface area contributed by atoms with Gasteiger partial charge in [-0.05, 0) is 40.0 Å². The normalized spacial score (nSPS) is 11.5. The quantitative estimate of drug-likeness (QED) is 0.696. The van der Waals surface area contributed by atoms with Gasteiger partial charge in [0.05, 0.1) is 10.2 Å². The molecule has 0 fully saturated rings. The molecule has 0 aliphatic carbocycles. The molecule has 1 aromatic carbocycles. The molecule has 0 saturated heterocycles. The Morgan fingerprint density at radius 2 is 1.76 bits per heavy atom. The number of nitrogens with one attached hydrogen (secondary N) is 3. The van der Waals surface area contributed by atoms with Crippen molar-refractivity contribution in [2.45, 2.75) is 40.5 Å². The van der Waals surface area contributed by atoms with Crippen molar-refractivity contribution in [3.8, 4) is 0 Å². The number of carbonyl (C=O) groups excluding carboxylic acids is 2. The first-order chi connectivity index (χ1) is 11.6. The Hall–Kier alpha value is -2.15. The SMILES string of the molecule is CC(C)c1[nH]nc(C(=O)Nc2cccc(NC(=O)C(C)(C)C)c2)c1Br. The molecule has 3 N–H and O–H groups in total. The van der Waals surface area contributed by atoms with Crippen molar-refractivity contribution >= 4 is 39.1 Å². The predicted octanol–water partition coefficient (Wildman–Crippen LogP) is 4.53. The van der Waals surface area contributed by atoms with Gasteiger partial charge in [-0.15, -0.1) is 0 Å². The van der Waals surface area contributed by atoms with E-state index < -0.39 is 5.41 Å². The van der Waals surface area contributed by atoms with Gasteiger partial charge in [0.25, 0.3) is 5.91 Å². The summed E-state index contributed by atoms with van der Waals surface area (Å²) >= 11 is 3.42. The molecule has 0 atom stereocenters. The Kier molecular flexibility index (Phi) is 5.67. The number of hydrogen-bond acceptors (Lipinski definition) is 3. The number of hydrogen-bond donors (Lipinski definition) is 3. The monoisotopic (exact) mass is 406 g/mol. The third-order valence-corrected chi connectivity index (χ3v) is 4.39. The zero-order valence-corrected chi connectivity index (χ0v) is 16.6. The summed E-state index contributed by atoms with van der Waals surface area (Å²) in [4.78, 5) is 24.5. The molecule has 134 valence electrons. The molecule has 2 amide bonds. The zero-order valence-electron chi connectivity index (χ0n) is 15.0. The van der Waals surface area contributed by atoms with Crippen LogP contribution < -0.4 is 10.6 Å². The van der Waals surface area contributed by atoms with E-state index in [9.17, 15) is 9.59 Å². The Balaban J connectivity index is 2.14. The van der Waals surface area contributed by atoms with Crippen LogP contribution in [0.1, 0.15) is 56.7 Å². The fourth-order valence-corrected chi connectivity index (χ4v) is 2.87. The smallest absolute Gasteiger partial charge is 0.277 e. The van der Waals surface area contributed by atoms with Gasteiger partial charge >= 0.3 is 0 Å². The lowest BCUT2D eigenvalue weighted by Gasteiger charge is -2.18. The number of halogens is 1. The number of anilines is 2. The Bertz CT molecular complexity index is 791. The highest BCUT2D eigenvalue weighted by Crippen LogP contribution is 2.26. The van der Waals surface area contributed by atoms with E-state index >= 15 is 0 Å². The number of rotatable bonds is 4. The van der Waals surface area contributed by atoms with E-state index in [1.165, 1.54) is 0 Å². The van der Waals surface area contributed by atoms with Gasteiger partial charge in [-0.2, -0.15) is 5.10 Å². The van der Waals surface area contributed by atoms with Crippen molar-refractivity contribution in [2.24, 2.45) is 5.41 Å². The Morgan fingerprint density at radius 1 is 1.16 bits per heavy atom. The summed E-state index contributed by atoms with van der Waals surface area (Å²) in [6.45, 7) is 9.56. The lowest BCUT2D eigenvalue weighted by Crippen LogP contribution is -2.27. The van der Waals surface area contributed by atoms with Crippen molar-refractivity contribution in [1.82, 2.24) is 10.2 Å². The molecule has 2 rings (SSSR count). The maximum atomic E-state index is 12.5. The van der Waals surface area contributed by atoms with Gasteiger partial charge in [-0.1, -0.05) is 40.7 Å².